The van der Waals surface area contributed by atoms with Crippen LogP contribution in [0, 0.1) is 19.8 Å². The van der Waals surface area contributed by atoms with Gasteiger partial charge in [-0.3, -0.25) is 4.79 Å². The molecule has 0 amide bonds. The first-order valence-corrected chi connectivity index (χ1v) is 15.6. The molecule has 10 nitrogen and oxygen atoms in total. The molecule has 0 atom stereocenters. The highest BCUT2D eigenvalue weighted by Gasteiger charge is 2.33. The van der Waals surface area contributed by atoms with Crippen LogP contribution in [0.15, 0.2) is 94.7 Å². The van der Waals surface area contributed by atoms with Crippen molar-refractivity contribution in [3.8, 4) is 11.8 Å². The van der Waals surface area contributed by atoms with Crippen LogP contribution in [0.25, 0.3) is 0 Å². The number of sulfone groups is 2. The van der Waals surface area contributed by atoms with Gasteiger partial charge in [-0.15, -0.1) is 4.73 Å². The quantitative estimate of drug-likeness (QED) is 0.261. The predicted molar refractivity (Wildman–Crippen MR) is 149 cm³/mol. The van der Waals surface area contributed by atoms with E-state index < -0.39 is 60.6 Å². The SMILES string of the molecule is Cc1ccc(S(=O)(=O)CC(CS(=O)(=O)c2ccc(C)cc2)C(=O)c2ccc(C(=O)On3c(O)ccc3O)cc2)cc1. The number of hydrogen-bond donors (Lipinski definition) is 2. The van der Waals surface area contributed by atoms with Crippen molar-refractivity contribution in [1.29, 1.82) is 0 Å². The molecule has 0 fully saturated rings. The van der Waals surface area contributed by atoms with Gasteiger partial charge < -0.3 is 15.1 Å². The van der Waals surface area contributed by atoms with E-state index in [-0.39, 0.29) is 20.9 Å². The molecule has 0 saturated heterocycles. The third-order valence-electron chi connectivity index (χ3n) is 6.35. The molecule has 214 valence electrons. The lowest BCUT2D eigenvalue weighted by molar-refractivity contribution is 0.0381. The van der Waals surface area contributed by atoms with E-state index in [4.69, 9.17) is 4.84 Å². The fourth-order valence-corrected chi connectivity index (χ4v) is 7.28. The fraction of sp³-hybridized carbons (Fsp3) is 0.172. The molecular weight excluding hydrogens is 570 g/mol. The zero-order valence-electron chi connectivity index (χ0n) is 22.1. The van der Waals surface area contributed by atoms with Gasteiger partial charge in [0.1, 0.15) is 0 Å². The average Bonchev–Trinajstić information content (AvgIpc) is 3.24. The molecular formula is C29H27NO9S2. The lowest BCUT2D eigenvalue weighted by Gasteiger charge is -2.17. The molecule has 0 aliphatic rings. The van der Waals surface area contributed by atoms with E-state index in [9.17, 15) is 36.6 Å². The fourth-order valence-electron chi connectivity index (χ4n) is 4.05. The predicted octanol–water partition coefficient (Wildman–Crippen LogP) is 3.53. The molecule has 0 bridgehead atoms. The van der Waals surface area contributed by atoms with Crippen LogP contribution >= 0.6 is 0 Å². The van der Waals surface area contributed by atoms with Gasteiger partial charge in [0.25, 0.3) is 0 Å². The highest BCUT2D eigenvalue weighted by molar-refractivity contribution is 7.92. The lowest BCUT2D eigenvalue weighted by atomic mass is 10.00. The Bertz CT molecular complexity index is 1690. The minimum Gasteiger partial charge on any atom is -0.492 e. The second-order valence-electron chi connectivity index (χ2n) is 9.55. The van der Waals surface area contributed by atoms with Crippen LogP contribution in [-0.4, -0.2) is 55.0 Å². The first-order valence-electron chi connectivity index (χ1n) is 12.3. The Morgan fingerprint density at radius 3 is 1.46 bits per heavy atom. The van der Waals surface area contributed by atoms with Crippen LogP contribution in [0.1, 0.15) is 31.8 Å². The van der Waals surface area contributed by atoms with Crippen LogP contribution in [0.2, 0.25) is 0 Å². The number of carbonyl (C=O) groups is 2. The first-order chi connectivity index (χ1) is 19.3. The molecule has 0 aliphatic carbocycles. The molecule has 0 radical (unpaired) electrons. The Kier molecular flexibility index (Phi) is 8.36. The highest BCUT2D eigenvalue weighted by Crippen LogP contribution is 2.24. The number of Topliss-reactive ketones (excluding diaryl/α,β-unsaturated/α-hetero) is 1. The summed E-state index contributed by atoms with van der Waals surface area (Å²) in [4.78, 5) is 30.9. The van der Waals surface area contributed by atoms with E-state index >= 15 is 0 Å². The van der Waals surface area contributed by atoms with Crippen molar-refractivity contribution in [3.63, 3.8) is 0 Å². The molecule has 2 N–H and O–H groups in total. The maximum atomic E-state index is 13.6. The molecule has 12 heteroatoms. The molecule has 1 heterocycles. The van der Waals surface area contributed by atoms with Crippen LogP contribution < -0.4 is 4.84 Å². The van der Waals surface area contributed by atoms with Gasteiger partial charge in [0, 0.05) is 17.7 Å². The topological polar surface area (TPSA) is 157 Å². The van der Waals surface area contributed by atoms with Gasteiger partial charge in [-0.25, -0.2) is 21.6 Å². The Morgan fingerprint density at radius 2 is 1.05 bits per heavy atom. The van der Waals surface area contributed by atoms with Gasteiger partial charge >= 0.3 is 5.97 Å². The summed E-state index contributed by atoms with van der Waals surface area (Å²) in [5, 5.41) is 19.3. The van der Waals surface area contributed by atoms with Gasteiger partial charge in [-0.2, -0.15) is 0 Å². The van der Waals surface area contributed by atoms with E-state index in [1.807, 2.05) is 0 Å². The van der Waals surface area contributed by atoms with Gasteiger partial charge in [0.15, 0.2) is 25.5 Å². The summed E-state index contributed by atoms with van der Waals surface area (Å²) < 4.78 is 53.5. The van der Waals surface area contributed by atoms with Crippen molar-refractivity contribution in [1.82, 2.24) is 4.73 Å². The Morgan fingerprint density at radius 1 is 0.659 bits per heavy atom. The number of hydrogen-bond acceptors (Lipinski definition) is 9. The minimum absolute atomic E-state index is 0.0172. The molecule has 0 unspecified atom stereocenters. The minimum atomic E-state index is -4.06. The number of nitrogens with zero attached hydrogens (tertiary/aromatic N) is 1. The molecule has 4 rings (SSSR count). The second kappa shape index (κ2) is 11.6. The second-order valence-corrected chi connectivity index (χ2v) is 13.6. The highest BCUT2D eigenvalue weighted by atomic mass is 32.2. The molecule has 0 aliphatic heterocycles. The number of aryl methyl sites for hydroxylation is 2. The van der Waals surface area contributed by atoms with E-state index in [1.165, 1.54) is 48.5 Å². The lowest BCUT2D eigenvalue weighted by Crippen LogP contribution is -2.31. The first kappa shape index (κ1) is 29.6. The van der Waals surface area contributed by atoms with Crippen molar-refractivity contribution in [2.24, 2.45) is 5.92 Å². The van der Waals surface area contributed by atoms with Crippen molar-refractivity contribution in [3.05, 3.63) is 107 Å². The number of benzene rings is 3. The number of aromatic hydroxyl groups is 2. The molecule has 0 spiro atoms. The number of rotatable bonds is 10. The molecule has 0 saturated carbocycles. The zero-order chi connectivity index (χ0) is 29.9. The van der Waals surface area contributed by atoms with Crippen molar-refractivity contribution in [2.75, 3.05) is 11.5 Å². The summed E-state index contributed by atoms with van der Waals surface area (Å²) in [6, 6.07) is 19.2. The molecule has 4 aromatic rings. The van der Waals surface area contributed by atoms with Gasteiger partial charge in [0.2, 0.25) is 11.8 Å². The van der Waals surface area contributed by atoms with Crippen molar-refractivity contribution >= 4 is 31.4 Å². The number of aromatic nitrogens is 1. The normalized spacial score (nSPS) is 11.9. The van der Waals surface area contributed by atoms with Crippen LogP contribution in [0.4, 0.5) is 0 Å². The summed E-state index contributed by atoms with van der Waals surface area (Å²) in [7, 11) is -8.12. The third kappa shape index (κ3) is 6.84. The maximum absolute atomic E-state index is 13.6. The van der Waals surface area contributed by atoms with Gasteiger partial charge in [-0.1, -0.05) is 47.5 Å². The van der Waals surface area contributed by atoms with Crippen LogP contribution in [-0.2, 0) is 19.7 Å². The largest absolute Gasteiger partial charge is 0.492 e. The van der Waals surface area contributed by atoms with E-state index in [1.54, 1.807) is 38.1 Å². The van der Waals surface area contributed by atoms with Gasteiger partial charge in [0.05, 0.1) is 32.8 Å². The standard InChI is InChI=1S/C29H27NO9S2/c1-19-3-11-24(12-4-19)40(35,36)17-23(18-41(37,38)25-13-5-20(2)6-14-25)28(33)21-7-9-22(10-8-21)29(34)39-30-26(31)15-16-27(30)32/h3-16,23,31-32H,17-18H2,1-2H3. The van der Waals surface area contributed by atoms with E-state index in [0.717, 1.165) is 23.3 Å². The van der Waals surface area contributed by atoms with Gasteiger partial charge in [-0.05, 0) is 50.2 Å². The summed E-state index contributed by atoms with van der Waals surface area (Å²) in [6.45, 7) is 3.58. The van der Waals surface area contributed by atoms with E-state index in [0.29, 0.717) is 4.73 Å². The third-order valence-corrected chi connectivity index (χ3v) is 10.0. The Balaban J connectivity index is 1.63. The summed E-state index contributed by atoms with van der Waals surface area (Å²) in [5.41, 5.74) is 1.60. The van der Waals surface area contributed by atoms with Crippen LogP contribution in [0.5, 0.6) is 11.8 Å². The monoisotopic (exact) mass is 597 g/mol. The summed E-state index contributed by atoms with van der Waals surface area (Å²) in [6.07, 6.45) is 0. The van der Waals surface area contributed by atoms with Crippen molar-refractivity contribution in [2.45, 2.75) is 23.6 Å². The molecule has 1 aromatic heterocycles. The smallest absolute Gasteiger partial charge is 0.363 e. The Hall–Kier alpha value is -4.42. The van der Waals surface area contributed by atoms with Crippen LogP contribution in [0.3, 0.4) is 0 Å². The van der Waals surface area contributed by atoms with Crippen molar-refractivity contribution < 1.29 is 41.5 Å². The molecule has 3 aromatic carbocycles. The average molecular weight is 598 g/mol. The zero-order valence-corrected chi connectivity index (χ0v) is 23.7. The maximum Gasteiger partial charge on any atom is 0.363 e. The number of ketones is 1. The molecule has 41 heavy (non-hydrogen) atoms. The summed E-state index contributed by atoms with van der Waals surface area (Å²) >= 11 is 0. The number of carbonyl (C=O) groups excluding carboxylic acids is 2. The summed E-state index contributed by atoms with van der Waals surface area (Å²) in [5.74, 6) is -5.71. The Labute approximate surface area is 237 Å². The van der Waals surface area contributed by atoms with E-state index in [2.05, 4.69) is 0 Å².